The fourth-order valence-corrected chi connectivity index (χ4v) is 5.23. The Balaban J connectivity index is 1.57. The standard InChI is InChI=1S/C23H29N5O2S/c1-5-26(6-2)23(29)20-16(3)19-21(24-15-25-22(19)31-20)28-13-11-27(12-14-28)17-7-9-18(30-4)10-8-17/h7-10,15H,5-6,11-14H2,1-4H3. The maximum absolute atomic E-state index is 13.0. The van der Waals surface area contributed by atoms with Crippen molar-refractivity contribution in [2.75, 3.05) is 56.2 Å². The number of methoxy groups -OCH3 is 1. The summed E-state index contributed by atoms with van der Waals surface area (Å²) in [6.45, 7) is 11.0. The number of carbonyl (C=O) groups is 1. The van der Waals surface area contributed by atoms with Gasteiger partial charge in [0.1, 0.15) is 22.7 Å². The molecule has 0 saturated carbocycles. The molecule has 164 valence electrons. The van der Waals surface area contributed by atoms with Crippen LogP contribution in [0.3, 0.4) is 0 Å². The predicted octanol–water partition coefficient (Wildman–Crippen LogP) is 3.82. The molecule has 0 aliphatic carbocycles. The summed E-state index contributed by atoms with van der Waals surface area (Å²) >= 11 is 1.48. The average molecular weight is 440 g/mol. The van der Waals surface area contributed by atoms with E-state index in [1.54, 1.807) is 13.4 Å². The first kappa shape index (κ1) is 21.4. The maximum atomic E-state index is 13.0. The van der Waals surface area contributed by atoms with E-state index in [0.29, 0.717) is 13.1 Å². The Bertz CT molecular complexity index is 1050. The van der Waals surface area contributed by atoms with E-state index in [1.165, 1.54) is 17.0 Å². The molecular formula is C23H29N5O2S. The van der Waals surface area contributed by atoms with Crippen LogP contribution in [0.25, 0.3) is 10.2 Å². The molecule has 0 bridgehead atoms. The normalized spacial score (nSPS) is 14.2. The Labute approximate surface area is 187 Å². The van der Waals surface area contributed by atoms with Crippen LogP contribution in [0.15, 0.2) is 30.6 Å². The van der Waals surface area contributed by atoms with Gasteiger partial charge in [-0.25, -0.2) is 9.97 Å². The molecule has 3 heterocycles. The predicted molar refractivity (Wildman–Crippen MR) is 127 cm³/mol. The van der Waals surface area contributed by atoms with E-state index in [2.05, 4.69) is 31.9 Å². The van der Waals surface area contributed by atoms with Gasteiger partial charge in [0.05, 0.1) is 17.4 Å². The van der Waals surface area contributed by atoms with Gasteiger partial charge in [0.25, 0.3) is 5.91 Å². The summed E-state index contributed by atoms with van der Waals surface area (Å²) in [5.41, 5.74) is 2.19. The number of benzene rings is 1. The fourth-order valence-electron chi connectivity index (χ4n) is 4.12. The number of thiophene rings is 1. The van der Waals surface area contributed by atoms with Gasteiger partial charge in [-0.05, 0) is 50.6 Å². The molecule has 7 nitrogen and oxygen atoms in total. The number of carbonyl (C=O) groups excluding carboxylic acids is 1. The zero-order valence-electron chi connectivity index (χ0n) is 18.6. The van der Waals surface area contributed by atoms with Gasteiger partial charge < -0.3 is 19.4 Å². The van der Waals surface area contributed by atoms with Crippen LogP contribution in [0.4, 0.5) is 11.5 Å². The van der Waals surface area contributed by atoms with Gasteiger partial charge in [0, 0.05) is 45.0 Å². The zero-order valence-corrected chi connectivity index (χ0v) is 19.4. The van der Waals surface area contributed by atoms with Crippen LogP contribution >= 0.6 is 11.3 Å². The number of fused-ring (bicyclic) bond motifs is 1. The highest BCUT2D eigenvalue weighted by Gasteiger charge is 2.26. The third kappa shape index (κ3) is 4.04. The van der Waals surface area contributed by atoms with E-state index in [-0.39, 0.29) is 5.91 Å². The molecule has 0 radical (unpaired) electrons. The molecule has 1 aliphatic rings. The van der Waals surface area contributed by atoms with Crippen molar-refractivity contribution in [2.24, 2.45) is 0 Å². The highest BCUT2D eigenvalue weighted by atomic mass is 32.1. The summed E-state index contributed by atoms with van der Waals surface area (Å²) in [7, 11) is 1.68. The Morgan fingerprint density at radius 2 is 1.71 bits per heavy atom. The van der Waals surface area contributed by atoms with Crippen molar-refractivity contribution >= 4 is 39.0 Å². The second kappa shape index (κ2) is 9.09. The number of hydrogen-bond acceptors (Lipinski definition) is 7. The van der Waals surface area contributed by atoms with Gasteiger partial charge in [-0.1, -0.05) is 0 Å². The van der Waals surface area contributed by atoms with Gasteiger partial charge in [-0.3, -0.25) is 4.79 Å². The van der Waals surface area contributed by atoms with Crippen molar-refractivity contribution in [1.29, 1.82) is 0 Å². The molecule has 1 amide bonds. The second-order valence-corrected chi connectivity index (χ2v) is 8.58. The van der Waals surface area contributed by atoms with Crippen LogP contribution in [0.2, 0.25) is 0 Å². The van der Waals surface area contributed by atoms with Crippen molar-refractivity contribution in [3.8, 4) is 5.75 Å². The van der Waals surface area contributed by atoms with Crippen molar-refractivity contribution in [2.45, 2.75) is 20.8 Å². The average Bonchev–Trinajstić information content (AvgIpc) is 3.16. The van der Waals surface area contributed by atoms with Crippen LogP contribution in [0, 0.1) is 6.92 Å². The number of rotatable bonds is 6. The molecule has 0 atom stereocenters. The molecule has 0 spiro atoms. The molecule has 2 aromatic heterocycles. The van der Waals surface area contributed by atoms with Crippen LogP contribution < -0.4 is 14.5 Å². The van der Waals surface area contributed by atoms with Crippen molar-refractivity contribution in [3.05, 3.63) is 41.0 Å². The molecule has 0 unspecified atom stereocenters. The topological polar surface area (TPSA) is 61.8 Å². The Hall–Kier alpha value is -2.87. The lowest BCUT2D eigenvalue weighted by Crippen LogP contribution is -2.46. The number of anilines is 2. The van der Waals surface area contributed by atoms with Gasteiger partial charge in [0.2, 0.25) is 0 Å². The van der Waals surface area contributed by atoms with E-state index in [9.17, 15) is 4.79 Å². The Morgan fingerprint density at radius 3 is 2.32 bits per heavy atom. The number of nitrogens with zero attached hydrogens (tertiary/aromatic N) is 5. The first-order valence-electron chi connectivity index (χ1n) is 10.7. The highest BCUT2D eigenvalue weighted by Crippen LogP contribution is 2.36. The van der Waals surface area contributed by atoms with Crippen LogP contribution in [-0.4, -0.2) is 67.2 Å². The molecule has 1 fully saturated rings. The van der Waals surface area contributed by atoms with Crippen molar-refractivity contribution in [1.82, 2.24) is 14.9 Å². The molecule has 0 N–H and O–H groups in total. The summed E-state index contributed by atoms with van der Waals surface area (Å²) in [6, 6.07) is 8.20. The number of amides is 1. The fraction of sp³-hybridized carbons (Fsp3) is 0.435. The van der Waals surface area contributed by atoms with Crippen molar-refractivity contribution < 1.29 is 9.53 Å². The number of aryl methyl sites for hydroxylation is 1. The molecule has 1 aliphatic heterocycles. The first-order valence-corrected chi connectivity index (χ1v) is 11.6. The molecule has 4 rings (SSSR count). The Kier molecular flexibility index (Phi) is 6.27. The van der Waals surface area contributed by atoms with E-state index in [1.807, 2.05) is 37.8 Å². The van der Waals surface area contributed by atoms with Gasteiger partial charge in [0.15, 0.2) is 0 Å². The quantitative estimate of drug-likeness (QED) is 0.582. The second-order valence-electron chi connectivity index (χ2n) is 7.58. The summed E-state index contributed by atoms with van der Waals surface area (Å²) in [5, 5.41) is 1.01. The first-order chi connectivity index (χ1) is 15.1. The van der Waals surface area contributed by atoms with E-state index in [0.717, 1.165) is 58.4 Å². The van der Waals surface area contributed by atoms with E-state index < -0.39 is 0 Å². The summed E-state index contributed by atoms with van der Waals surface area (Å²) in [6.07, 6.45) is 1.62. The minimum Gasteiger partial charge on any atom is -0.497 e. The largest absolute Gasteiger partial charge is 0.497 e. The summed E-state index contributed by atoms with van der Waals surface area (Å²) in [4.78, 5) is 30.3. The third-order valence-electron chi connectivity index (χ3n) is 5.97. The number of hydrogen-bond donors (Lipinski definition) is 0. The Morgan fingerprint density at radius 1 is 1.06 bits per heavy atom. The lowest BCUT2D eigenvalue weighted by molar-refractivity contribution is 0.0777. The smallest absolute Gasteiger partial charge is 0.264 e. The van der Waals surface area contributed by atoms with Crippen LogP contribution in [0.1, 0.15) is 29.1 Å². The van der Waals surface area contributed by atoms with Crippen molar-refractivity contribution in [3.63, 3.8) is 0 Å². The summed E-state index contributed by atoms with van der Waals surface area (Å²) in [5.74, 6) is 1.89. The van der Waals surface area contributed by atoms with Gasteiger partial charge >= 0.3 is 0 Å². The van der Waals surface area contributed by atoms with Crippen LogP contribution in [0.5, 0.6) is 5.75 Å². The van der Waals surface area contributed by atoms with Gasteiger partial charge in [-0.15, -0.1) is 11.3 Å². The highest BCUT2D eigenvalue weighted by molar-refractivity contribution is 7.20. The van der Waals surface area contributed by atoms with E-state index >= 15 is 0 Å². The minimum absolute atomic E-state index is 0.0841. The van der Waals surface area contributed by atoms with Crippen LogP contribution in [-0.2, 0) is 0 Å². The summed E-state index contributed by atoms with van der Waals surface area (Å²) < 4.78 is 5.26. The lowest BCUT2D eigenvalue weighted by atomic mass is 10.1. The molecule has 3 aromatic rings. The monoisotopic (exact) mass is 439 g/mol. The maximum Gasteiger partial charge on any atom is 0.264 e. The molecule has 31 heavy (non-hydrogen) atoms. The number of ether oxygens (including phenoxy) is 1. The third-order valence-corrected chi connectivity index (χ3v) is 7.16. The van der Waals surface area contributed by atoms with Gasteiger partial charge in [-0.2, -0.15) is 0 Å². The number of piperazine rings is 1. The minimum atomic E-state index is 0.0841. The molecule has 1 saturated heterocycles. The van der Waals surface area contributed by atoms with E-state index in [4.69, 9.17) is 4.74 Å². The lowest BCUT2D eigenvalue weighted by Gasteiger charge is -2.37. The zero-order chi connectivity index (χ0) is 22.0. The molecular weight excluding hydrogens is 410 g/mol. The molecule has 1 aromatic carbocycles. The SMILES string of the molecule is CCN(CC)C(=O)c1sc2ncnc(N3CCN(c4ccc(OC)cc4)CC3)c2c1C. The number of aromatic nitrogens is 2. The molecule has 8 heteroatoms.